The standard InChI is InChI=1S/C21H19FN4O4S/c22-18-7-6-16(25-9-1-2-10-25)13-19(18)24-21(28)15-4-3-5-17(12-15)31(29,30)26-11-8-23-20(27)14-26/h1-7,9-10,12-13H,8,11,14H2,(H,23,27)(H,24,28). The Kier molecular flexibility index (Phi) is 5.57. The molecule has 1 aliphatic rings. The predicted molar refractivity (Wildman–Crippen MR) is 112 cm³/mol. The molecule has 1 fully saturated rings. The van der Waals surface area contributed by atoms with Crippen LogP contribution < -0.4 is 10.6 Å². The van der Waals surface area contributed by atoms with Crippen LogP contribution in [0.15, 0.2) is 71.9 Å². The van der Waals surface area contributed by atoms with Gasteiger partial charge in [-0.05, 0) is 48.5 Å². The Labute approximate surface area is 178 Å². The number of hydrogen-bond donors (Lipinski definition) is 2. The van der Waals surface area contributed by atoms with Crippen LogP contribution in [0.2, 0.25) is 0 Å². The summed E-state index contributed by atoms with van der Waals surface area (Å²) in [4.78, 5) is 24.2. The van der Waals surface area contributed by atoms with Gasteiger partial charge in [-0.25, -0.2) is 12.8 Å². The lowest BCUT2D eigenvalue weighted by Gasteiger charge is -2.26. The first-order valence-corrected chi connectivity index (χ1v) is 10.9. The van der Waals surface area contributed by atoms with Gasteiger partial charge in [0.15, 0.2) is 0 Å². The third kappa shape index (κ3) is 4.35. The highest BCUT2D eigenvalue weighted by molar-refractivity contribution is 7.89. The average Bonchev–Trinajstić information content (AvgIpc) is 3.30. The highest BCUT2D eigenvalue weighted by Gasteiger charge is 2.29. The van der Waals surface area contributed by atoms with Crippen molar-refractivity contribution in [1.82, 2.24) is 14.2 Å². The Balaban J connectivity index is 1.58. The zero-order valence-corrected chi connectivity index (χ0v) is 17.1. The maximum atomic E-state index is 14.3. The number of halogens is 1. The summed E-state index contributed by atoms with van der Waals surface area (Å²) in [7, 11) is -3.95. The number of carbonyl (C=O) groups is 2. The molecule has 2 aromatic carbocycles. The van der Waals surface area contributed by atoms with Crippen LogP contribution in [0, 0.1) is 5.82 Å². The Bertz CT molecular complexity index is 1240. The molecule has 0 saturated carbocycles. The number of aromatic nitrogens is 1. The zero-order chi connectivity index (χ0) is 22.0. The monoisotopic (exact) mass is 442 g/mol. The van der Waals surface area contributed by atoms with Crippen molar-refractivity contribution in [2.45, 2.75) is 4.90 Å². The second-order valence-corrected chi connectivity index (χ2v) is 8.86. The van der Waals surface area contributed by atoms with Crippen molar-refractivity contribution < 1.29 is 22.4 Å². The molecule has 0 bridgehead atoms. The van der Waals surface area contributed by atoms with Gasteiger partial charge in [0, 0.05) is 36.7 Å². The van der Waals surface area contributed by atoms with Gasteiger partial charge in [0.25, 0.3) is 5.91 Å². The van der Waals surface area contributed by atoms with Crippen LogP contribution >= 0.6 is 0 Å². The summed E-state index contributed by atoms with van der Waals surface area (Å²) in [5.74, 6) is -1.66. The Morgan fingerprint density at radius 2 is 1.84 bits per heavy atom. The fraction of sp³-hybridized carbons (Fsp3) is 0.143. The molecule has 2 heterocycles. The van der Waals surface area contributed by atoms with E-state index in [1.165, 1.54) is 36.4 Å². The van der Waals surface area contributed by atoms with E-state index in [4.69, 9.17) is 0 Å². The minimum atomic E-state index is -3.95. The van der Waals surface area contributed by atoms with Crippen molar-refractivity contribution in [1.29, 1.82) is 0 Å². The second-order valence-electron chi connectivity index (χ2n) is 6.92. The van der Waals surface area contributed by atoms with Crippen molar-refractivity contribution >= 4 is 27.5 Å². The van der Waals surface area contributed by atoms with E-state index in [9.17, 15) is 22.4 Å². The summed E-state index contributed by atoms with van der Waals surface area (Å²) < 4.78 is 42.8. The number of piperazine rings is 1. The van der Waals surface area contributed by atoms with Gasteiger partial charge in [-0.2, -0.15) is 4.31 Å². The molecule has 0 spiro atoms. The molecular weight excluding hydrogens is 423 g/mol. The van der Waals surface area contributed by atoms with Crippen LogP contribution in [0.4, 0.5) is 10.1 Å². The second kappa shape index (κ2) is 8.32. The van der Waals surface area contributed by atoms with Crippen LogP contribution in [0.25, 0.3) is 5.69 Å². The van der Waals surface area contributed by atoms with Crippen molar-refractivity contribution in [3.05, 3.63) is 78.4 Å². The molecule has 0 radical (unpaired) electrons. The van der Waals surface area contributed by atoms with E-state index in [2.05, 4.69) is 10.6 Å². The van der Waals surface area contributed by atoms with E-state index in [-0.39, 0.29) is 41.7 Å². The Hall–Kier alpha value is -3.50. The number of nitrogens with zero attached hydrogens (tertiary/aromatic N) is 2. The molecule has 160 valence electrons. The number of benzene rings is 2. The highest BCUT2D eigenvalue weighted by atomic mass is 32.2. The Morgan fingerprint density at radius 1 is 1.06 bits per heavy atom. The fourth-order valence-corrected chi connectivity index (χ4v) is 4.68. The molecule has 2 amide bonds. The topological polar surface area (TPSA) is 101 Å². The number of carbonyl (C=O) groups excluding carboxylic acids is 2. The maximum Gasteiger partial charge on any atom is 0.255 e. The zero-order valence-electron chi connectivity index (χ0n) is 16.3. The fourth-order valence-electron chi connectivity index (χ4n) is 3.24. The lowest BCUT2D eigenvalue weighted by atomic mass is 10.2. The summed E-state index contributed by atoms with van der Waals surface area (Å²) in [5, 5.41) is 5.06. The quantitative estimate of drug-likeness (QED) is 0.631. The molecule has 8 nitrogen and oxygen atoms in total. The number of sulfonamides is 1. The van der Waals surface area contributed by atoms with Crippen molar-refractivity contribution in [2.24, 2.45) is 0 Å². The van der Waals surface area contributed by atoms with Crippen molar-refractivity contribution in [2.75, 3.05) is 25.0 Å². The van der Waals surface area contributed by atoms with Crippen LogP contribution in [0.3, 0.4) is 0 Å². The van der Waals surface area contributed by atoms with E-state index >= 15 is 0 Å². The van der Waals surface area contributed by atoms with E-state index < -0.39 is 21.7 Å². The number of nitrogens with one attached hydrogen (secondary N) is 2. The third-order valence-corrected chi connectivity index (χ3v) is 6.68. The first-order valence-electron chi connectivity index (χ1n) is 9.46. The SMILES string of the molecule is O=C1CN(S(=O)(=O)c2cccc(C(=O)Nc3cc(-n4cccc4)ccc3F)c2)CCN1. The van der Waals surface area contributed by atoms with Gasteiger partial charge >= 0.3 is 0 Å². The predicted octanol–water partition coefficient (Wildman–Crippen LogP) is 1.99. The van der Waals surface area contributed by atoms with Crippen LogP contribution in [-0.2, 0) is 14.8 Å². The average molecular weight is 442 g/mol. The highest BCUT2D eigenvalue weighted by Crippen LogP contribution is 2.22. The first kappa shape index (κ1) is 20.8. The summed E-state index contributed by atoms with van der Waals surface area (Å²) in [5.41, 5.74) is 0.673. The molecule has 4 rings (SSSR count). The summed E-state index contributed by atoms with van der Waals surface area (Å²) in [6.07, 6.45) is 3.57. The molecule has 0 atom stereocenters. The van der Waals surface area contributed by atoms with E-state index in [1.54, 1.807) is 23.0 Å². The molecule has 3 aromatic rings. The minimum absolute atomic E-state index is 0.0304. The van der Waals surface area contributed by atoms with Crippen LogP contribution in [0.1, 0.15) is 10.4 Å². The molecule has 10 heteroatoms. The van der Waals surface area contributed by atoms with Gasteiger partial charge in [0.1, 0.15) is 5.82 Å². The molecule has 1 saturated heterocycles. The largest absolute Gasteiger partial charge is 0.354 e. The van der Waals surface area contributed by atoms with Gasteiger partial charge in [-0.3, -0.25) is 9.59 Å². The molecule has 0 unspecified atom stereocenters. The molecule has 31 heavy (non-hydrogen) atoms. The van der Waals surface area contributed by atoms with Crippen LogP contribution in [0.5, 0.6) is 0 Å². The number of anilines is 1. The van der Waals surface area contributed by atoms with Crippen molar-refractivity contribution in [3.63, 3.8) is 0 Å². The van der Waals surface area contributed by atoms with E-state index in [1.807, 2.05) is 12.1 Å². The molecule has 1 aliphatic heterocycles. The third-order valence-electron chi connectivity index (χ3n) is 4.84. The lowest BCUT2D eigenvalue weighted by Crippen LogP contribution is -2.49. The normalized spacial score (nSPS) is 14.8. The Morgan fingerprint density at radius 3 is 2.58 bits per heavy atom. The summed E-state index contributed by atoms with van der Waals surface area (Å²) >= 11 is 0. The van der Waals surface area contributed by atoms with Gasteiger partial charge in [-0.15, -0.1) is 0 Å². The number of hydrogen-bond acceptors (Lipinski definition) is 4. The van der Waals surface area contributed by atoms with E-state index in [0.29, 0.717) is 5.69 Å². The van der Waals surface area contributed by atoms with Crippen molar-refractivity contribution in [3.8, 4) is 5.69 Å². The number of rotatable bonds is 5. The van der Waals surface area contributed by atoms with Gasteiger partial charge in [-0.1, -0.05) is 6.07 Å². The summed E-state index contributed by atoms with van der Waals surface area (Å²) in [6, 6.07) is 13.4. The van der Waals surface area contributed by atoms with Gasteiger partial charge < -0.3 is 15.2 Å². The van der Waals surface area contributed by atoms with Crippen LogP contribution in [-0.4, -0.2) is 48.7 Å². The molecule has 0 aliphatic carbocycles. The first-order chi connectivity index (χ1) is 14.8. The van der Waals surface area contributed by atoms with Gasteiger partial charge in [0.05, 0.1) is 17.1 Å². The lowest BCUT2D eigenvalue weighted by molar-refractivity contribution is -0.122. The smallest absolute Gasteiger partial charge is 0.255 e. The maximum absolute atomic E-state index is 14.3. The number of amides is 2. The van der Waals surface area contributed by atoms with E-state index in [0.717, 1.165) is 4.31 Å². The summed E-state index contributed by atoms with van der Waals surface area (Å²) in [6.45, 7) is 0.0767. The minimum Gasteiger partial charge on any atom is -0.354 e. The molecule has 2 N–H and O–H groups in total. The van der Waals surface area contributed by atoms with Gasteiger partial charge in [0.2, 0.25) is 15.9 Å². The molecular formula is C21H19FN4O4S. The molecule has 1 aromatic heterocycles.